The molecule has 0 saturated carbocycles. The van der Waals surface area contributed by atoms with Crippen molar-refractivity contribution >= 4 is 39.3 Å². The second-order valence-corrected chi connectivity index (χ2v) is 8.51. The lowest BCUT2D eigenvalue weighted by atomic mass is 10.1. The zero-order chi connectivity index (χ0) is 21.5. The van der Waals surface area contributed by atoms with Crippen molar-refractivity contribution in [3.8, 4) is 5.75 Å². The quantitative estimate of drug-likeness (QED) is 0.334. The Morgan fingerprint density at radius 1 is 1.23 bits per heavy atom. The number of halogens is 1. The highest BCUT2D eigenvalue weighted by Crippen LogP contribution is 2.24. The third-order valence-corrected chi connectivity index (χ3v) is 5.76. The Labute approximate surface area is 188 Å². The van der Waals surface area contributed by atoms with Gasteiger partial charge in [0.25, 0.3) is 0 Å². The maximum Gasteiger partial charge on any atom is 0.234 e. The van der Waals surface area contributed by atoms with E-state index < -0.39 is 0 Å². The minimum absolute atomic E-state index is 0.111. The molecule has 6 nitrogen and oxygen atoms in total. The summed E-state index contributed by atoms with van der Waals surface area (Å²) in [5, 5.41) is 12.0. The van der Waals surface area contributed by atoms with Gasteiger partial charge in [0.1, 0.15) is 12.4 Å². The fraction of sp³-hybridized carbons (Fsp3) is 0.227. The van der Waals surface area contributed by atoms with E-state index >= 15 is 0 Å². The number of aromatic nitrogens is 3. The van der Waals surface area contributed by atoms with E-state index in [-0.39, 0.29) is 18.3 Å². The molecule has 30 heavy (non-hydrogen) atoms. The number of rotatable bonds is 9. The summed E-state index contributed by atoms with van der Waals surface area (Å²) in [6, 6.07) is 13.5. The van der Waals surface area contributed by atoms with Crippen LogP contribution in [0.1, 0.15) is 17.0 Å². The van der Waals surface area contributed by atoms with Crippen LogP contribution in [0.5, 0.6) is 5.75 Å². The van der Waals surface area contributed by atoms with Gasteiger partial charge in [0.05, 0.1) is 5.75 Å². The summed E-state index contributed by atoms with van der Waals surface area (Å²) in [6.07, 6.45) is 1.78. The van der Waals surface area contributed by atoms with Crippen molar-refractivity contribution in [3.05, 3.63) is 76.5 Å². The van der Waals surface area contributed by atoms with Crippen LogP contribution >= 0.6 is 27.7 Å². The van der Waals surface area contributed by atoms with E-state index in [2.05, 4.69) is 38.0 Å². The lowest BCUT2D eigenvalue weighted by molar-refractivity contribution is -0.113. The average Bonchev–Trinajstić information content (AvgIpc) is 3.08. The second-order valence-electron chi connectivity index (χ2n) is 6.65. The molecule has 0 aliphatic carbocycles. The molecule has 0 saturated heterocycles. The smallest absolute Gasteiger partial charge is 0.234 e. The highest BCUT2D eigenvalue weighted by Gasteiger charge is 2.15. The molecule has 1 amide bonds. The van der Waals surface area contributed by atoms with Crippen molar-refractivity contribution in [2.45, 2.75) is 32.2 Å². The average molecular weight is 487 g/mol. The Morgan fingerprint density at radius 3 is 2.67 bits per heavy atom. The predicted octanol–water partition coefficient (Wildman–Crippen LogP) is 5.15. The van der Waals surface area contributed by atoms with Gasteiger partial charge in [0.15, 0.2) is 11.0 Å². The largest absolute Gasteiger partial charge is 0.485 e. The van der Waals surface area contributed by atoms with Crippen LogP contribution in [0.15, 0.2) is 64.7 Å². The van der Waals surface area contributed by atoms with Gasteiger partial charge in [-0.2, -0.15) is 0 Å². The van der Waals surface area contributed by atoms with Crippen molar-refractivity contribution in [3.63, 3.8) is 0 Å². The maximum atomic E-state index is 12.3. The molecule has 2 aromatic carbocycles. The normalized spacial score (nSPS) is 10.6. The van der Waals surface area contributed by atoms with Gasteiger partial charge < -0.3 is 10.1 Å². The number of anilines is 1. The SMILES string of the molecule is C=CCn1c(COc2c(C)cccc2C)nnc1SCC(=O)Nc1cccc(Br)c1. The monoisotopic (exact) mass is 486 g/mol. The number of amides is 1. The Kier molecular flexibility index (Phi) is 7.70. The Morgan fingerprint density at radius 2 is 1.97 bits per heavy atom. The van der Waals surface area contributed by atoms with Crippen LogP contribution in [-0.4, -0.2) is 26.4 Å². The van der Waals surface area contributed by atoms with Gasteiger partial charge in [-0.1, -0.05) is 58.0 Å². The minimum Gasteiger partial charge on any atom is -0.485 e. The third-order valence-electron chi connectivity index (χ3n) is 4.30. The van der Waals surface area contributed by atoms with Gasteiger partial charge in [-0.3, -0.25) is 9.36 Å². The Balaban J connectivity index is 1.65. The number of allylic oxidation sites excluding steroid dienone is 1. The molecule has 0 aliphatic heterocycles. The summed E-state index contributed by atoms with van der Waals surface area (Å²) >= 11 is 4.73. The molecule has 0 fully saturated rings. The molecule has 0 radical (unpaired) electrons. The number of hydrogen-bond acceptors (Lipinski definition) is 5. The molecule has 3 aromatic rings. The second kappa shape index (κ2) is 10.4. The zero-order valence-electron chi connectivity index (χ0n) is 16.9. The molecular formula is C22H23BrN4O2S. The molecular weight excluding hydrogens is 464 g/mol. The number of thioether (sulfide) groups is 1. The van der Waals surface area contributed by atoms with Gasteiger partial charge >= 0.3 is 0 Å². The predicted molar refractivity (Wildman–Crippen MR) is 124 cm³/mol. The van der Waals surface area contributed by atoms with Crippen LogP contribution < -0.4 is 10.1 Å². The number of benzene rings is 2. The summed E-state index contributed by atoms with van der Waals surface area (Å²) in [5.41, 5.74) is 2.89. The van der Waals surface area contributed by atoms with E-state index in [9.17, 15) is 4.79 Å². The van der Waals surface area contributed by atoms with Gasteiger partial charge in [0, 0.05) is 16.7 Å². The summed E-state index contributed by atoms with van der Waals surface area (Å²) < 4.78 is 8.84. The van der Waals surface area contributed by atoms with E-state index in [1.807, 2.05) is 60.9 Å². The molecule has 1 heterocycles. The van der Waals surface area contributed by atoms with Gasteiger partial charge in [-0.15, -0.1) is 16.8 Å². The summed E-state index contributed by atoms with van der Waals surface area (Å²) in [7, 11) is 0. The van der Waals surface area contributed by atoms with E-state index in [4.69, 9.17) is 4.74 Å². The molecule has 1 aromatic heterocycles. The first kappa shape index (κ1) is 22.1. The van der Waals surface area contributed by atoms with Crippen LogP contribution in [0.3, 0.4) is 0 Å². The molecule has 8 heteroatoms. The Bertz CT molecular complexity index is 1030. The third kappa shape index (κ3) is 5.73. The zero-order valence-corrected chi connectivity index (χ0v) is 19.3. The lowest BCUT2D eigenvalue weighted by Crippen LogP contribution is -2.15. The van der Waals surface area contributed by atoms with Crippen molar-refractivity contribution in [2.75, 3.05) is 11.1 Å². The van der Waals surface area contributed by atoms with Gasteiger partial charge in [-0.05, 0) is 43.2 Å². The first-order valence-corrected chi connectivity index (χ1v) is 11.2. The first-order chi connectivity index (χ1) is 14.5. The number of nitrogens with one attached hydrogen (secondary N) is 1. The van der Waals surface area contributed by atoms with E-state index in [0.717, 1.165) is 27.0 Å². The topological polar surface area (TPSA) is 69.0 Å². The van der Waals surface area contributed by atoms with Crippen LogP contribution in [0.25, 0.3) is 0 Å². The van der Waals surface area contributed by atoms with Crippen LogP contribution in [-0.2, 0) is 17.9 Å². The lowest BCUT2D eigenvalue weighted by Gasteiger charge is -2.12. The minimum atomic E-state index is -0.111. The van der Waals surface area contributed by atoms with Crippen molar-refractivity contribution < 1.29 is 9.53 Å². The molecule has 0 spiro atoms. The van der Waals surface area contributed by atoms with Crippen molar-refractivity contribution in [1.82, 2.24) is 14.8 Å². The Hall–Kier alpha value is -2.58. The first-order valence-electron chi connectivity index (χ1n) is 9.38. The molecule has 3 rings (SSSR count). The van der Waals surface area contributed by atoms with Crippen molar-refractivity contribution in [2.24, 2.45) is 0 Å². The number of ether oxygens (including phenoxy) is 1. The summed E-state index contributed by atoms with van der Waals surface area (Å²) in [5.74, 6) is 1.65. The standard InChI is InChI=1S/C22H23BrN4O2S/c1-4-11-27-19(13-29-21-15(2)7-5-8-16(21)3)25-26-22(27)30-14-20(28)24-18-10-6-9-17(23)12-18/h4-10,12H,1,11,13-14H2,2-3H3,(H,24,28). The van der Waals surface area contributed by atoms with Gasteiger partial charge in [-0.25, -0.2) is 0 Å². The fourth-order valence-electron chi connectivity index (χ4n) is 2.90. The van der Waals surface area contributed by atoms with Crippen LogP contribution in [0.4, 0.5) is 5.69 Å². The number of carbonyl (C=O) groups excluding carboxylic acids is 1. The number of para-hydroxylation sites is 1. The van der Waals surface area contributed by atoms with Crippen molar-refractivity contribution in [1.29, 1.82) is 0 Å². The number of aryl methyl sites for hydroxylation is 2. The summed E-state index contributed by atoms with van der Waals surface area (Å²) in [4.78, 5) is 12.3. The van der Waals surface area contributed by atoms with E-state index in [1.165, 1.54) is 11.8 Å². The van der Waals surface area contributed by atoms with E-state index in [0.29, 0.717) is 17.5 Å². The highest BCUT2D eigenvalue weighted by atomic mass is 79.9. The highest BCUT2D eigenvalue weighted by molar-refractivity contribution is 9.10. The van der Waals surface area contributed by atoms with E-state index in [1.54, 1.807) is 6.08 Å². The number of nitrogens with zero attached hydrogens (tertiary/aromatic N) is 3. The van der Waals surface area contributed by atoms with Gasteiger partial charge in [0.2, 0.25) is 5.91 Å². The molecule has 0 bridgehead atoms. The number of carbonyl (C=O) groups is 1. The molecule has 0 atom stereocenters. The number of hydrogen-bond donors (Lipinski definition) is 1. The van der Waals surface area contributed by atoms with Crippen LogP contribution in [0, 0.1) is 13.8 Å². The fourth-order valence-corrected chi connectivity index (χ4v) is 4.07. The summed E-state index contributed by atoms with van der Waals surface area (Å²) in [6.45, 7) is 8.67. The molecule has 156 valence electrons. The molecule has 1 N–H and O–H groups in total. The van der Waals surface area contributed by atoms with Crippen LogP contribution in [0.2, 0.25) is 0 Å². The maximum absolute atomic E-state index is 12.3. The molecule has 0 aliphatic rings. The molecule has 0 unspecified atom stereocenters.